The summed E-state index contributed by atoms with van der Waals surface area (Å²) in [5.74, 6) is 0.421. The second kappa shape index (κ2) is 8.15. The Labute approximate surface area is 140 Å². The molecule has 130 valence electrons. The van der Waals surface area contributed by atoms with Crippen molar-refractivity contribution in [2.75, 3.05) is 19.8 Å². The van der Waals surface area contributed by atoms with E-state index in [1.54, 1.807) is 10.6 Å². The van der Waals surface area contributed by atoms with E-state index in [1.165, 1.54) is 12.8 Å². The van der Waals surface area contributed by atoms with Crippen LogP contribution in [0.2, 0.25) is 0 Å². The first kappa shape index (κ1) is 16.8. The van der Waals surface area contributed by atoms with Crippen LogP contribution in [0.15, 0.2) is 33.5 Å². The van der Waals surface area contributed by atoms with E-state index in [9.17, 15) is 9.59 Å². The molecule has 1 aliphatic rings. The largest absolute Gasteiger partial charge is 0.419 e. The fourth-order valence-corrected chi connectivity index (χ4v) is 2.65. The zero-order valence-corrected chi connectivity index (χ0v) is 13.8. The number of hydrogen-bond donors (Lipinski definition) is 1. The molecule has 24 heavy (non-hydrogen) atoms. The van der Waals surface area contributed by atoms with Crippen LogP contribution in [0, 0.1) is 5.92 Å². The van der Waals surface area contributed by atoms with Gasteiger partial charge in [0.1, 0.15) is 0 Å². The summed E-state index contributed by atoms with van der Waals surface area (Å²) >= 11 is 0. The average Bonchev–Trinajstić information content (AvgIpc) is 3.34. The maximum Gasteiger partial charge on any atom is 0.419 e. The molecular formula is C18H24N2O4. The zero-order chi connectivity index (χ0) is 16.8. The lowest BCUT2D eigenvalue weighted by Gasteiger charge is -2.06. The molecule has 1 saturated carbocycles. The maximum atomic E-state index is 11.8. The number of carbonyl (C=O) groups is 1. The Balaban J connectivity index is 1.32. The molecule has 2 aromatic rings. The predicted octanol–water partition coefficient (Wildman–Crippen LogP) is 2.31. The number of fused-ring (bicyclic) bond motifs is 1. The van der Waals surface area contributed by atoms with Crippen molar-refractivity contribution in [3.8, 4) is 0 Å². The van der Waals surface area contributed by atoms with Crippen LogP contribution in [0.5, 0.6) is 0 Å². The third-order valence-corrected chi connectivity index (χ3v) is 4.20. The number of carbonyl (C=O) groups excluding carboxylic acids is 1. The molecule has 1 heterocycles. The van der Waals surface area contributed by atoms with Gasteiger partial charge in [-0.25, -0.2) is 4.79 Å². The summed E-state index contributed by atoms with van der Waals surface area (Å²) in [6, 6.07) is 7.32. The Morgan fingerprint density at radius 1 is 1.29 bits per heavy atom. The number of rotatable bonds is 10. The van der Waals surface area contributed by atoms with Crippen LogP contribution in [0.1, 0.15) is 32.1 Å². The van der Waals surface area contributed by atoms with E-state index in [4.69, 9.17) is 9.15 Å². The van der Waals surface area contributed by atoms with E-state index < -0.39 is 0 Å². The van der Waals surface area contributed by atoms with Crippen molar-refractivity contribution in [1.29, 1.82) is 0 Å². The molecule has 6 nitrogen and oxygen atoms in total. The van der Waals surface area contributed by atoms with Crippen molar-refractivity contribution < 1.29 is 13.9 Å². The number of nitrogens with zero attached hydrogens (tertiary/aromatic N) is 1. The normalized spacial score (nSPS) is 14.2. The molecule has 1 aromatic heterocycles. The molecule has 0 bridgehead atoms. The number of benzene rings is 1. The molecule has 6 heteroatoms. The predicted molar refractivity (Wildman–Crippen MR) is 90.9 cm³/mol. The van der Waals surface area contributed by atoms with E-state index in [1.807, 2.05) is 18.2 Å². The van der Waals surface area contributed by atoms with Gasteiger partial charge in [0, 0.05) is 32.7 Å². The SMILES string of the molecule is O=C(CCCn1c(=O)oc2ccccc21)NCCCOCC1CC1. The van der Waals surface area contributed by atoms with Gasteiger partial charge in [-0.3, -0.25) is 9.36 Å². The molecule has 1 aliphatic carbocycles. The molecule has 1 fully saturated rings. The van der Waals surface area contributed by atoms with Crippen molar-refractivity contribution in [2.24, 2.45) is 5.92 Å². The summed E-state index contributed by atoms with van der Waals surface area (Å²) < 4.78 is 12.3. The minimum Gasteiger partial charge on any atom is -0.408 e. The highest BCUT2D eigenvalue weighted by Gasteiger charge is 2.20. The Kier molecular flexibility index (Phi) is 5.69. The highest BCUT2D eigenvalue weighted by molar-refractivity contribution is 5.76. The van der Waals surface area contributed by atoms with E-state index in [-0.39, 0.29) is 11.7 Å². The van der Waals surface area contributed by atoms with Crippen LogP contribution in [0.3, 0.4) is 0 Å². The van der Waals surface area contributed by atoms with Crippen molar-refractivity contribution in [3.63, 3.8) is 0 Å². The van der Waals surface area contributed by atoms with E-state index in [0.29, 0.717) is 38.1 Å². The minimum atomic E-state index is -0.371. The molecule has 0 unspecified atom stereocenters. The van der Waals surface area contributed by atoms with Gasteiger partial charge >= 0.3 is 5.76 Å². The lowest BCUT2D eigenvalue weighted by Crippen LogP contribution is -2.25. The van der Waals surface area contributed by atoms with Gasteiger partial charge in [-0.2, -0.15) is 0 Å². The number of nitrogens with one attached hydrogen (secondary N) is 1. The lowest BCUT2D eigenvalue weighted by atomic mass is 10.2. The van der Waals surface area contributed by atoms with Gasteiger partial charge < -0.3 is 14.5 Å². The lowest BCUT2D eigenvalue weighted by molar-refractivity contribution is -0.121. The standard InChI is InChI=1S/C18H24N2O4/c21-17(19-10-4-12-23-13-14-8-9-14)7-3-11-20-15-5-1-2-6-16(15)24-18(20)22/h1-2,5-6,14H,3-4,7-13H2,(H,19,21). The second-order valence-corrected chi connectivity index (χ2v) is 6.31. The zero-order valence-electron chi connectivity index (χ0n) is 13.8. The fourth-order valence-electron chi connectivity index (χ4n) is 2.65. The molecule has 0 atom stereocenters. The Morgan fingerprint density at radius 3 is 2.96 bits per heavy atom. The van der Waals surface area contributed by atoms with Crippen LogP contribution < -0.4 is 11.1 Å². The maximum absolute atomic E-state index is 11.8. The molecule has 1 aromatic carbocycles. The van der Waals surface area contributed by atoms with Crippen LogP contribution in [0.4, 0.5) is 0 Å². The molecule has 0 spiro atoms. The van der Waals surface area contributed by atoms with Crippen molar-refractivity contribution in [2.45, 2.75) is 38.6 Å². The van der Waals surface area contributed by atoms with Gasteiger partial charge in [0.05, 0.1) is 5.52 Å². The van der Waals surface area contributed by atoms with Gasteiger partial charge in [0.2, 0.25) is 5.91 Å². The van der Waals surface area contributed by atoms with Gasteiger partial charge in [-0.05, 0) is 43.7 Å². The fraction of sp³-hybridized carbons (Fsp3) is 0.556. The quantitative estimate of drug-likeness (QED) is 0.678. The Hall–Kier alpha value is -2.08. The first-order valence-electron chi connectivity index (χ1n) is 8.67. The minimum absolute atomic E-state index is 0.0121. The molecule has 1 N–H and O–H groups in total. The van der Waals surface area contributed by atoms with E-state index in [0.717, 1.165) is 24.5 Å². The van der Waals surface area contributed by atoms with Gasteiger partial charge in [0.15, 0.2) is 5.58 Å². The molecule has 0 saturated heterocycles. The highest BCUT2D eigenvalue weighted by atomic mass is 16.5. The summed E-state index contributed by atoms with van der Waals surface area (Å²) in [4.78, 5) is 23.6. The highest BCUT2D eigenvalue weighted by Crippen LogP contribution is 2.28. The average molecular weight is 332 g/mol. The number of aryl methyl sites for hydroxylation is 1. The first-order chi connectivity index (χ1) is 11.7. The molecule has 0 aliphatic heterocycles. The summed E-state index contributed by atoms with van der Waals surface area (Å²) in [7, 11) is 0. The third kappa shape index (κ3) is 4.71. The van der Waals surface area contributed by atoms with E-state index >= 15 is 0 Å². The van der Waals surface area contributed by atoms with Crippen LogP contribution in [-0.2, 0) is 16.1 Å². The summed E-state index contributed by atoms with van der Waals surface area (Å²) in [5.41, 5.74) is 1.36. The Bertz CT molecular complexity index is 730. The van der Waals surface area contributed by atoms with Gasteiger partial charge in [-0.15, -0.1) is 0 Å². The molecule has 1 amide bonds. The second-order valence-electron chi connectivity index (χ2n) is 6.31. The molecular weight excluding hydrogens is 308 g/mol. The number of oxazole rings is 1. The summed E-state index contributed by atoms with van der Waals surface area (Å²) in [5, 5.41) is 2.89. The number of ether oxygens (including phenoxy) is 1. The number of hydrogen-bond acceptors (Lipinski definition) is 4. The monoisotopic (exact) mass is 332 g/mol. The summed E-state index contributed by atoms with van der Waals surface area (Å²) in [6.07, 6.45) is 4.43. The first-order valence-corrected chi connectivity index (χ1v) is 8.67. The smallest absolute Gasteiger partial charge is 0.408 e. The van der Waals surface area contributed by atoms with Crippen LogP contribution >= 0.6 is 0 Å². The number of para-hydroxylation sites is 2. The van der Waals surface area contributed by atoms with Crippen molar-refractivity contribution >= 4 is 17.0 Å². The number of amides is 1. The van der Waals surface area contributed by atoms with Gasteiger partial charge in [-0.1, -0.05) is 12.1 Å². The molecule has 0 radical (unpaired) electrons. The Morgan fingerprint density at radius 2 is 2.12 bits per heavy atom. The van der Waals surface area contributed by atoms with E-state index in [2.05, 4.69) is 5.32 Å². The topological polar surface area (TPSA) is 73.5 Å². The van der Waals surface area contributed by atoms with Gasteiger partial charge in [0.25, 0.3) is 0 Å². The van der Waals surface area contributed by atoms with Crippen LogP contribution in [-0.4, -0.2) is 30.2 Å². The van der Waals surface area contributed by atoms with Crippen molar-refractivity contribution in [3.05, 3.63) is 34.8 Å². The van der Waals surface area contributed by atoms with Crippen molar-refractivity contribution in [1.82, 2.24) is 9.88 Å². The number of aromatic nitrogens is 1. The summed E-state index contributed by atoms with van der Waals surface area (Å²) in [6.45, 7) is 2.68. The molecule has 3 rings (SSSR count). The third-order valence-electron chi connectivity index (χ3n) is 4.20. The van der Waals surface area contributed by atoms with Crippen LogP contribution in [0.25, 0.3) is 11.1 Å².